The summed E-state index contributed by atoms with van der Waals surface area (Å²) in [5, 5.41) is 10.8. The molecule has 1 aromatic heterocycles. The highest BCUT2D eigenvalue weighted by Crippen LogP contribution is 2.50. The van der Waals surface area contributed by atoms with Crippen LogP contribution < -0.4 is 9.15 Å². The highest BCUT2D eigenvalue weighted by Gasteiger charge is 2.32. The Labute approximate surface area is 173 Å². The number of halogens is 3. The predicted octanol–water partition coefficient (Wildman–Crippen LogP) is 4.87. The van der Waals surface area contributed by atoms with Gasteiger partial charge in [-0.1, -0.05) is 33.6 Å². The van der Waals surface area contributed by atoms with E-state index in [1.165, 1.54) is 18.2 Å². The molecule has 0 fully saturated rings. The molecule has 0 aliphatic rings. The summed E-state index contributed by atoms with van der Waals surface area (Å²) < 4.78 is 49.5. The first-order valence-electron chi connectivity index (χ1n) is 7.97. The van der Waals surface area contributed by atoms with Gasteiger partial charge in [0.05, 0.1) is 15.4 Å². The van der Waals surface area contributed by atoms with Gasteiger partial charge in [-0.2, -0.15) is 0 Å². The molecule has 0 radical (unpaired) electrons. The molecule has 2 N–H and O–H groups in total. The zero-order chi connectivity index (χ0) is 20.4. The van der Waals surface area contributed by atoms with Crippen molar-refractivity contribution < 1.29 is 27.1 Å². The summed E-state index contributed by atoms with van der Waals surface area (Å²) in [5.74, 6) is -0.779. The predicted molar refractivity (Wildman–Crippen MR) is 108 cm³/mol. The van der Waals surface area contributed by atoms with E-state index >= 15 is 0 Å². The number of nitrogens with one attached hydrogen (secondary N) is 1. The molecule has 0 saturated heterocycles. The van der Waals surface area contributed by atoms with Gasteiger partial charge in [-0.3, -0.25) is 4.21 Å². The second kappa shape index (κ2) is 9.06. The zero-order valence-corrected chi connectivity index (χ0v) is 19.0. The molecule has 1 aromatic carbocycles. The van der Waals surface area contributed by atoms with Crippen LogP contribution in [0.15, 0.2) is 22.6 Å². The zero-order valence-electron chi connectivity index (χ0n) is 14.8. The fourth-order valence-corrected chi connectivity index (χ4v) is 4.19. The van der Waals surface area contributed by atoms with Gasteiger partial charge in [0.15, 0.2) is 17.3 Å². The lowest BCUT2D eigenvalue weighted by Gasteiger charge is -2.20. The van der Waals surface area contributed by atoms with Gasteiger partial charge >= 0.3 is 0 Å². The third-order valence-electron chi connectivity index (χ3n) is 3.37. The van der Waals surface area contributed by atoms with Gasteiger partial charge in [-0.15, -0.1) is 0 Å². The van der Waals surface area contributed by atoms with Crippen LogP contribution in [0.5, 0.6) is 11.5 Å². The van der Waals surface area contributed by atoms with Crippen molar-refractivity contribution >= 4 is 47.1 Å². The summed E-state index contributed by atoms with van der Waals surface area (Å²) in [5.41, 5.74) is -0.0678. The van der Waals surface area contributed by atoms with Gasteiger partial charge in [0.25, 0.3) is 0 Å². The quantitative estimate of drug-likeness (QED) is 0.307. The Morgan fingerprint density at radius 1 is 1.48 bits per heavy atom. The Morgan fingerprint density at radius 3 is 2.70 bits per heavy atom. The van der Waals surface area contributed by atoms with Crippen molar-refractivity contribution in [3.8, 4) is 22.8 Å². The molecule has 0 saturated carbocycles. The van der Waals surface area contributed by atoms with Crippen molar-refractivity contribution in [2.24, 2.45) is 0 Å². The number of rotatable bonds is 8. The molecule has 2 unspecified atom stereocenters. The molecule has 27 heavy (non-hydrogen) atoms. The SMILES string of the molecule is C[Si](C)(C)Oc1c(C(Br)CCNS(=O)[O-])oc(-c2c(F)cccc2Cl)c1O. The number of hydrogen-bond donors (Lipinski definition) is 2. The molecule has 0 aliphatic heterocycles. The first-order chi connectivity index (χ1) is 12.5. The maximum absolute atomic E-state index is 14.3. The maximum atomic E-state index is 14.3. The summed E-state index contributed by atoms with van der Waals surface area (Å²) in [6, 6.07) is 4.14. The largest absolute Gasteiger partial charge is 0.760 e. The summed E-state index contributed by atoms with van der Waals surface area (Å²) >= 11 is 7.12. The van der Waals surface area contributed by atoms with E-state index < -0.39 is 30.2 Å². The lowest BCUT2D eigenvalue weighted by Crippen LogP contribution is -2.29. The smallest absolute Gasteiger partial charge is 0.242 e. The molecule has 2 rings (SSSR count). The summed E-state index contributed by atoms with van der Waals surface area (Å²) in [6.07, 6.45) is 0.313. The molecule has 1 heterocycles. The van der Waals surface area contributed by atoms with Crippen molar-refractivity contribution in [2.45, 2.75) is 30.9 Å². The lowest BCUT2D eigenvalue weighted by molar-refractivity contribution is 0.438. The molecule has 0 aliphatic carbocycles. The van der Waals surface area contributed by atoms with E-state index in [9.17, 15) is 18.3 Å². The molecule has 11 heteroatoms. The Morgan fingerprint density at radius 2 is 2.15 bits per heavy atom. The monoisotopic (exact) mass is 498 g/mol. The van der Waals surface area contributed by atoms with Crippen molar-refractivity contribution in [1.29, 1.82) is 0 Å². The number of furan rings is 1. The van der Waals surface area contributed by atoms with E-state index in [0.29, 0.717) is 6.42 Å². The van der Waals surface area contributed by atoms with Crippen LogP contribution in [0.25, 0.3) is 11.3 Å². The Hall–Kier alpha value is -0.913. The van der Waals surface area contributed by atoms with Crippen LogP contribution in [0.4, 0.5) is 4.39 Å². The van der Waals surface area contributed by atoms with Crippen LogP contribution in [-0.4, -0.2) is 28.7 Å². The molecular weight excluding hydrogens is 481 g/mol. The standard InChI is InChI=1S/C16H20BrClFNO5SSi/c1-27(2,3)25-16-13(21)15(12-10(18)5-4-6-11(12)19)24-14(16)9(17)7-8-20-26(22)23/h4-6,9,20-21H,7-8H2,1-3H3,(H,22,23)/p-1. The molecular formula is C16H19BrClFNO5SSi-. The van der Waals surface area contributed by atoms with Gasteiger partial charge in [-0.05, 0) is 38.2 Å². The normalized spacial score (nSPS) is 14.2. The molecule has 150 valence electrons. The van der Waals surface area contributed by atoms with Crippen LogP contribution in [0.1, 0.15) is 17.0 Å². The first-order valence-corrected chi connectivity index (χ1v) is 13.7. The fraction of sp³-hybridized carbons (Fsp3) is 0.375. The number of aromatic hydroxyl groups is 1. The minimum absolute atomic E-state index is 0.0678. The highest BCUT2D eigenvalue weighted by molar-refractivity contribution is 9.09. The average molecular weight is 500 g/mol. The van der Waals surface area contributed by atoms with Gasteiger partial charge in [0.2, 0.25) is 14.1 Å². The van der Waals surface area contributed by atoms with Crippen LogP contribution in [0, 0.1) is 5.82 Å². The summed E-state index contributed by atoms with van der Waals surface area (Å²) in [4.78, 5) is -0.481. The van der Waals surface area contributed by atoms with E-state index in [2.05, 4.69) is 20.7 Å². The fourth-order valence-electron chi connectivity index (χ4n) is 2.32. The number of benzene rings is 1. The number of alkyl halides is 1. The second-order valence-corrected chi connectivity index (χ2v) is 13.4. The van der Waals surface area contributed by atoms with E-state index in [0.717, 1.165) is 0 Å². The van der Waals surface area contributed by atoms with E-state index in [-0.39, 0.29) is 40.2 Å². The summed E-state index contributed by atoms with van der Waals surface area (Å²) in [7, 11) is -2.15. The van der Waals surface area contributed by atoms with Crippen LogP contribution in [-0.2, 0) is 11.3 Å². The molecule has 6 nitrogen and oxygen atoms in total. The average Bonchev–Trinajstić information content (AvgIpc) is 2.82. The minimum Gasteiger partial charge on any atom is -0.760 e. The second-order valence-electron chi connectivity index (χ2n) is 6.67. The molecule has 0 amide bonds. The summed E-state index contributed by atoms with van der Waals surface area (Å²) in [6.45, 7) is 5.90. The van der Waals surface area contributed by atoms with Crippen LogP contribution >= 0.6 is 27.5 Å². The topological polar surface area (TPSA) is 94.8 Å². The Balaban J connectivity index is 2.50. The van der Waals surface area contributed by atoms with Gasteiger partial charge in [-0.25, -0.2) is 9.11 Å². The molecule has 2 atom stereocenters. The van der Waals surface area contributed by atoms with Crippen molar-refractivity contribution in [1.82, 2.24) is 4.72 Å². The third kappa shape index (κ3) is 5.78. The van der Waals surface area contributed by atoms with Crippen molar-refractivity contribution in [3.05, 3.63) is 34.8 Å². The lowest BCUT2D eigenvalue weighted by atomic mass is 10.1. The molecule has 0 bridgehead atoms. The van der Waals surface area contributed by atoms with Gasteiger partial charge in [0, 0.05) is 17.8 Å². The third-order valence-corrected chi connectivity index (χ3v) is 5.81. The number of hydrogen-bond acceptors (Lipinski definition) is 5. The minimum atomic E-state index is -2.39. The van der Waals surface area contributed by atoms with E-state index in [1.54, 1.807) is 0 Å². The van der Waals surface area contributed by atoms with Crippen molar-refractivity contribution in [2.75, 3.05) is 6.54 Å². The van der Waals surface area contributed by atoms with Gasteiger partial charge < -0.3 is 18.5 Å². The van der Waals surface area contributed by atoms with Crippen molar-refractivity contribution in [3.63, 3.8) is 0 Å². The van der Waals surface area contributed by atoms with E-state index in [1.807, 2.05) is 19.6 Å². The molecule has 2 aromatic rings. The highest BCUT2D eigenvalue weighted by atomic mass is 79.9. The molecule has 0 spiro atoms. The first kappa shape index (κ1) is 22.4. The van der Waals surface area contributed by atoms with E-state index in [4.69, 9.17) is 20.4 Å². The Bertz CT molecular complexity index is 825. The van der Waals surface area contributed by atoms with Crippen LogP contribution in [0.3, 0.4) is 0 Å². The van der Waals surface area contributed by atoms with Crippen LogP contribution in [0.2, 0.25) is 24.7 Å². The van der Waals surface area contributed by atoms with Gasteiger partial charge in [0.1, 0.15) is 5.82 Å². The Kier molecular flexibility index (Phi) is 7.51. The maximum Gasteiger partial charge on any atom is 0.242 e.